The molecule has 0 aliphatic rings. The molecule has 0 saturated carbocycles. The van der Waals surface area contributed by atoms with E-state index in [4.69, 9.17) is 0 Å². The zero-order valence-corrected chi connectivity index (χ0v) is 10.1. The largest absolute Gasteiger partial charge is 0.378 e. The predicted octanol–water partition coefficient (Wildman–Crippen LogP) is 2.48. The van der Waals surface area contributed by atoms with Gasteiger partial charge in [-0.2, -0.15) is 5.10 Å². The SMILES string of the molecule is CCn1cc(NCc2csc([N+](=O)[O-])c2)cn1. The van der Waals surface area contributed by atoms with E-state index in [0.717, 1.165) is 29.1 Å². The smallest absolute Gasteiger partial charge is 0.324 e. The molecule has 6 nitrogen and oxygen atoms in total. The van der Waals surface area contributed by atoms with Crippen molar-refractivity contribution in [2.75, 3.05) is 5.32 Å². The number of hydrogen-bond acceptors (Lipinski definition) is 5. The van der Waals surface area contributed by atoms with Gasteiger partial charge in [0, 0.05) is 30.7 Å². The van der Waals surface area contributed by atoms with E-state index in [2.05, 4.69) is 10.4 Å². The molecule has 0 amide bonds. The zero-order chi connectivity index (χ0) is 12.3. The van der Waals surface area contributed by atoms with E-state index in [-0.39, 0.29) is 9.92 Å². The summed E-state index contributed by atoms with van der Waals surface area (Å²) in [4.78, 5) is 10.1. The molecule has 0 fully saturated rings. The van der Waals surface area contributed by atoms with Crippen molar-refractivity contribution in [3.05, 3.63) is 39.5 Å². The third kappa shape index (κ3) is 2.82. The van der Waals surface area contributed by atoms with Gasteiger partial charge >= 0.3 is 5.00 Å². The molecule has 2 aromatic rings. The van der Waals surface area contributed by atoms with E-state index < -0.39 is 0 Å². The minimum atomic E-state index is -0.372. The predicted molar refractivity (Wildman–Crippen MR) is 66.2 cm³/mol. The van der Waals surface area contributed by atoms with Crippen LogP contribution in [0, 0.1) is 10.1 Å². The number of anilines is 1. The van der Waals surface area contributed by atoms with Crippen molar-refractivity contribution in [2.45, 2.75) is 20.0 Å². The highest BCUT2D eigenvalue weighted by molar-refractivity contribution is 7.13. The second kappa shape index (κ2) is 4.96. The lowest BCUT2D eigenvalue weighted by molar-refractivity contribution is -0.380. The molecule has 7 heteroatoms. The molecule has 2 rings (SSSR count). The summed E-state index contributed by atoms with van der Waals surface area (Å²) in [5, 5.41) is 19.8. The summed E-state index contributed by atoms with van der Waals surface area (Å²) >= 11 is 1.14. The Morgan fingerprint density at radius 1 is 1.65 bits per heavy atom. The molecular weight excluding hydrogens is 240 g/mol. The summed E-state index contributed by atoms with van der Waals surface area (Å²) in [6.45, 7) is 3.41. The van der Waals surface area contributed by atoms with E-state index in [0.29, 0.717) is 6.54 Å². The summed E-state index contributed by atoms with van der Waals surface area (Å²) in [6.07, 6.45) is 3.64. The molecule has 2 heterocycles. The molecule has 0 aromatic carbocycles. The number of thiophene rings is 1. The number of aromatic nitrogens is 2. The third-order valence-corrected chi connectivity index (χ3v) is 3.20. The first kappa shape index (κ1) is 11.6. The number of nitrogens with one attached hydrogen (secondary N) is 1. The van der Waals surface area contributed by atoms with Crippen LogP contribution in [-0.4, -0.2) is 14.7 Å². The maximum atomic E-state index is 10.5. The summed E-state index contributed by atoms with van der Waals surface area (Å²) in [5.74, 6) is 0. The molecule has 2 aromatic heterocycles. The maximum absolute atomic E-state index is 10.5. The first-order chi connectivity index (χ1) is 8.19. The molecule has 1 N–H and O–H groups in total. The van der Waals surface area contributed by atoms with Crippen LogP contribution >= 0.6 is 11.3 Å². The molecular formula is C10H12N4O2S. The lowest BCUT2D eigenvalue weighted by Crippen LogP contribution is -1.97. The number of hydrogen-bond donors (Lipinski definition) is 1. The van der Waals surface area contributed by atoms with Gasteiger partial charge in [0.1, 0.15) is 0 Å². The van der Waals surface area contributed by atoms with Gasteiger partial charge in [-0.1, -0.05) is 11.3 Å². The van der Waals surface area contributed by atoms with Gasteiger partial charge in [0.15, 0.2) is 0 Å². The minimum absolute atomic E-state index is 0.172. The Labute approximate surface area is 102 Å². The lowest BCUT2D eigenvalue weighted by atomic mass is 10.3. The lowest BCUT2D eigenvalue weighted by Gasteiger charge is -1.99. The van der Waals surface area contributed by atoms with Crippen molar-refractivity contribution < 1.29 is 4.92 Å². The minimum Gasteiger partial charge on any atom is -0.378 e. The Bertz CT molecular complexity index is 520. The summed E-state index contributed by atoms with van der Waals surface area (Å²) in [6, 6.07) is 1.59. The second-order valence-corrected chi connectivity index (χ2v) is 4.38. The van der Waals surface area contributed by atoms with Crippen LogP contribution in [0.5, 0.6) is 0 Å². The molecule has 0 atom stereocenters. The van der Waals surface area contributed by atoms with Gasteiger partial charge in [0.05, 0.1) is 16.8 Å². The zero-order valence-electron chi connectivity index (χ0n) is 9.29. The highest BCUT2D eigenvalue weighted by atomic mass is 32.1. The number of nitro groups is 1. The number of nitrogens with zero attached hydrogens (tertiary/aromatic N) is 3. The van der Waals surface area contributed by atoms with Crippen molar-refractivity contribution in [1.29, 1.82) is 0 Å². The fourth-order valence-electron chi connectivity index (χ4n) is 1.38. The van der Waals surface area contributed by atoms with Crippen molar-refractivity contribution in [1.82, 2.24) is 9.78 Å². The van der Waals surface area contributed by atoms with E-state index in [9.17, 15) is 10.1 Å². The Morgan fingerprint density at radius 3 is 3.06 bits per heavy atom. The molecule has 0 aliphatic heterocycles. The van der Waals surface area contributed by atoms with E-state index in [1.54, 1.807) is 17.6 Å². The first-order valence-electron chi connectivity index (χ1n) is 5.17. The Balaban J connectivity index is 1.94. The number of aryl methyl sites for hydroxylation is 1. The van der Waals surface area contributed by atoms with E-state index >= 15 is 0 Å². The van der Waals surface area contributed by atoms with Gasteiger partial charge in [-0.05, 0) is 12.5 Å². The molecule has 0 unspecified atom stereocenters. The van der Waals surface area contributed by atoms with Gasteiger partial charge in [-0.3, -0.25) is 14.8 Å². The van der Waals surface area contributed by atoms with Gasteiger partial charge < -0.3 is 5.32 Å². The Kier molecular flexibility index (Phi) is 3.38. The molecule has 90 valence electrons. The highest BCUT2D eigenvalue weighted by Crippen LogP contribution is 2.23. The highest BCUT2D eigenvalue weighted by Gasteiger charge is 2.09. The average molecular weight is 252 g/mol. The van der Waals surface area contributed by atoms with Crippen LogP contribution in [0.2, 0.25) is 0 Å². The molecule has 0 saturated heterocycles. The first-order valence-corrected chi connectivity index (χ1v) is 6.05. The summed E-state index contributed by atoms with van der Waals surface area (Å²) < 4.78 is 1.82. The topological polar surface area (TPSA) is 73.0 Å². The molecule has 0 bridgehead atoms. The summed E-state index contributed by atoms with van der Waals surface area (Å²) in [5.41, 5.74) is 1.83. The van der Waals surface area contributed by atoms with Crippen LogP contribution in [0.3, 0.4) is 0 Å². The van der Waals surface area contributed by atoms with Crippen molar-refractivity contribution >= 4 is 22.0 Å². The molecule has 0 aliphatic carbocycles. The van der Waals surface area contributed by atoms with Crippen LogP contribution in [-0.2, 0) is 13.1 Å². The quantitative estimate of drug-likeness (QED) is 0.655. The van der Waals surface area contributed by atoms with Crippen LogP contribution in [0.15, 0.2) is 23.8 Å². The van der Waals surface area contributed by atoms with Gasteiger partial charge in [-0.15, -0.1) is 0 Å². The van der Waals surface area contributed by atoms with Crippen LogP contribution in [0.4, 0.5) is 10.7 Å². The summed E-state index contributed by atoms with van der Waals surface area (Å²) in [7, 11) is 0. The van der Waals surface area contributed by atoms with Crippen molar-refractivity contribution in [2.24, 2.45) is 0 Å². The van der Waals surface area contributed by atoms with Crippen LogP contribution < -0.4 is 5.32 Å². The standard InChI is InChI=1S/C10H12N4O2S/c1-2-13-6-9(5-12-13)11-4-8-3-10(14(15)16)17-7-8/h3,5-7,11H,2,4H2,1H3. The van der Waals surface area contributed by atoms with Crippen molar-refractivity contribution in [3.8, 4) is 0 Å². The fraction of sp³-hybridized carbons (Fsp3) is 0.300. The van der Waals surface area contributed by atoms with Gasteiger partial charge in [0.25, 0.3) is 0 Å². The Hall–Kier alpha value is -1.89. The Morgan fingerprint density at radius 2 is 2.47 bits per heavy atom. The molecule has 0 radical (unpaired) electrons. The average Bonchev–Trinajstić information content (AvgIpc) is 2.95. The van der Waals surface area contributed by atoms with Crippen LogP contribution in [0.25, 0.3) is 0 Å². The van der Waals surface area contributed by atoms with Crippen molar-refractivity contribution in [3.63, 3.8) is 0 Å². The van der Waals surface area contributed by atoms with Crippen LogP contribution in [0.1, 0.15) is 12.5 Å². The van der Waals surface area contributed by atoms with Gasteiger partial charge in [-0.25, -0.2) is 0 Å². The molecule has 17 heavy (non-hydrogen) atoms. The normalized spacial score (nSPS) is 10.4. The van der Waals surface area contributed by atoms with E-state index in [1.165, 1.54) is 0 Å². The third-order valence-electron chi connectivity index (χ3n) is 2.27. The monoisotopic (exact) mass is 252 g/mol. The fourth-order valence-corrected chi connectivity index (χ4v) is 2.11. The van der Waals surface area contributed by atoms with E-state index in [1.807, 2.05) is 17.8 Å². The molecule has 0 spiro atoms. The van der Waals surface area contributed by atoms with Gasteiger partial charge in [0.2, 0.25) is 0 Å². The number of rotatable bonds is 5. The maximum Gasteiger partial charge on any atom is 0.324 e. The second-order valence-electron chi connectivity index (χ2n) is 3.49.